The van der Waals surface area contributed by atoms with Crippen molar-refractivity contribution in [1.82, 2.24) is 5.32 Å². The predicted octanol–water partition coefficient (Wildman–Crippen LogP) is 5.07. The van der Waals surface area contributed by atoms with Gasteiger partial charge in [-0.2, -0.15) is 0 Å². The summed E-state index contributed by atoms with van der Waals surface area (Å²) in [5.74, 6) is -0.849. The van der Waals surface area contributed by atoms with Gasteiger partial charge in [-0.1, -0.05) is 36.4 Å². The van der Waals surface area contributed by atoms with Gasteiger partial charge in [-0.25, -0.2) is 4.79 Å². The molecule has 1 atom stereocenters. The lowest BCUT2D eigenvalue weighted by Gasteiger charge is -2.17. The fourth-order valence-electron chi connectivity index (χ4n) is 2.44. The smallest absolute Gasteiger partial charge is 0.333 e. The number of ether oxygens (including phenoxy) is 1. The number of hydrogen-bond donors (Lipinski definition) is 1. The van der Waals surface area contributed by atoms with Crippen molar-refractivity contribution in [2.75, 3.05) is 7.11 Å². The summed E-state index contributed by atoms with van der Waals surface area (Å²) in [6.07, 6.45) is 0. The van der Waals surface area contributed by atoms with Gasteiger partial charge in [-0.3, -0.25) is 4.79 Å². The van der Waals surface area contributed by atoms with Gasteiger partial charge in [0.15, 0.2) is 6.04 Å². The van der Waals surface area contributed by atoms with E-state index in [2.05, 4.69) is 37.2 Å². The molecule has 0 saturated heterocycles. The number of benzene rings is 2. The zero-order valence-corrected chi connectivity index (χ0v) is 17.1. The lowest BCUT2D eigenvalue weighted by atomic mass is 10.0. The van der Waals surface area contributed by atoms with Crippen molar-refractivity contribution in [3.8, 4) is 0 Å². The maximum Gasteiger partial charge on any atom is 0.333 e. The van der Waals surface area contributed by atoms with Crippen LogP contribution >= 0.6 is 43.2 Å². The fraction of sp³-hybridized carbons (Fsp3) is 0.111. The third-order valence-electron chi connectivity index (χ3n) is 3.69. The molecule has 1 aromatic heterocycles. The fourth-order valence-corrected chi connectivity index (χ4v) is 4.38. The summed E-state index contributed by atoms with van der Waals surface area (Å²) >= 11 is 8.01. The number of carbonyl (C=O) groups excluding carboxylic acids is 2. The van der Waals surface area contributed by atoms with E-state index in [1.165, 1.54) is 18.4 Å². The number of carbonyl (C=O) groups is 2. The molecule has 1 unspecified atom stereocenters. The molecule has 0 saturated carbocycles. The van der Waals surface area contributed by atoms with Gasteiger partial charge in [0.2, 0.25) is 0 Å². The molecule has 4 nitrogen and oxygen atoms in total. The SMILES string of the molecule is COC(=O)C(NC(=O)c1cc(Br)c(Br)s1)c1ccc2ccccc2c1. The van der Waals surface area contributed by atoms with Crippen molar-refractivity contribution in [1.29, 1.82) is 0 Å². The second-order valence-corrected chi connectivity index (χ2v) is 8.49. The summed E-state index contributed by atoms with van der Waals surface area (Å²) in [5.41, 5.74) is 0.675. The second kappa shape index (κ2) is 7.68. The molecule has 0 spiro atoms. The number of halogens is 2. The van der Waals surface area contributed by atoms with Crippen LogP contribution in [-0.4, -0.2) is 19.0 Å². The molecule has 1 amide bonds. The lowest BCUT2D eigenvalue weighted by molar-refractivity contribution is -0.143. The maximum atomic E-state index is 12.5. The van der Waals surface area contributed by atoms with Crippen molar-refractivity contribution in [2.24, 2.45) is 0 Å². The molecular weight excluding hydrogens is 470 g/mol. The number of rotatable bonds is 4. The third kappa shape index (κ3) is 3.94. The van der Waals surface area contributed by atoms with Crippen molar-refractivity contribution in [3.63, 3.8) is 0 Å². The molecule has 7 heteroatoms. The first-order valence-electron chi connectivity index (χ1n) is 7.32. The van der Waals surface area contributed by atoms with E-state index < -0.39 is 12.0 Å². The average Bonchev–Trinajstić information content (AvgIpc) is 2.97. The number of nitrogens with one attached hydrogen (secondary N) is 1. The molecule has 0 aliphatic heterocycles. The Labute approximate surface area is 165 Å². The van der Waals surface area contributed by atoms with Crippen LogP contribution in [0.3, 0.4) is 0 Å². The molecule has 25 heavy (non-hydrogen) atoms. The Bertz CT molecular complexity index is 935. The van der Waals surface area contributed by atoms with Gasteiger partial charge in [-0.05, 0) is 60.3 Å². The molecule has 0 aliphatic rings. The minimum absolute atomic E-state index is 0.333. The Hall–Kier alpha value is -1.70. The van der Waals surface area contributed by atoms with E-state index in [0.29, 0.717) is 10.4 Å². The molecule has 3 rings (SSSR count). The van der Waals surface area contributed by atoms with E-state index in [1.54, 1.807) is 6.07 Å². The van der Waals surface area contributed by atoms with Crippen LogP contribution in [0.25, 0.3) is 10.8 Å². The zero-order valence-electron chi connectivity index (χ0n) is 13.1. The van der Waals surface area contributed by atoms with Gasteiger partial charge < -0.3 is 10.1 Å². The highest BCUT2D eigenvalue weighted by atomic mass is 79.9. The summed E-state index contributed by atoms with van der Waals surface area (Å²) in [5, 5.41) is 4.81. The average molecular weight is 483 g/mol. The van der Waals surface area contributed by atoms with Crippen molar-refractivity contribution < 1.29 is 14.3 Å². The standard InChI is InChI=1S/C18H13Br2NO3S/c1-24-18(23)15(21-17(22)14-9-13(19)16(20)25-14)12-7-6-10-4-2-3-5-11(10)8-12/h2-9,15H,1H3,(H,21,22). The molecule has 0 bridgehead atoms. The van der Waals surface area contributed by atoms with Gasteiger partial charge in [0.1, 0.15) is 0 Å². The van der Waals surface area contributed by atoms with Crippen LogP contribution in [0.1, 0.15) is 21.3 Å². The molecular formula is C18H13Br2NO3S. The minimum atomic E-state index is -0.873. The first kappa shape index (κ1) is 18.1. The molecule has 0 aliphatic carbocycles. The Kier molecular flexibility index (Phi) is 5.56. The quantitative estimate of drug-likeness (QED) is 0.528. The second-order valence-electron chi connectivity index (χ2n) is 5.27. The van der Waals surface area contributed by atoms with Crippen LogP contribution in [0, 0.1) is 0 Å². The first-order chi connectivity index (χ1) is 12.0. The van der Waals surface area contributed by atoms with Gasteiger partial charge >= 0.3 is 5.97 Å². The Morgan fingerprint density at radius 2 is 1.80 bits per heavy atom. The van der Waals surface area contributed by atoms with E-state index in [1.807, 2.05) is 42.5 Å². The van der Waals surface area contributed by atoms with Crippen LogP contribution in [0.15, 0.2) is 56.8 Å². The topological polar surface area (TPSA) is 55.4 Å². The van der Waals surface area contributed by atoms with Gasteiger partial charge in [0.25, 0.3) is 5.91 Å². The van der Waals surface area contributed by atoms with Crippen molar-refractivity contribution in [3.05, 3.63) is 67.2 Å². The highest BCUT2D eigenvalue weighted by Gasteiger charge is 2.25. The highest BCUT2D eigenvalue weighted by molar-refractivity contribution is 9.13. The summed E-state index contributed by atoms with van der Waals surface area (Å²) < 4.78 is 6.49. The first-order valence-corrected chi connectivity index (χ1v) is 9.72. The number of methoxy groups -OCH3 is 1. The molecule has 0 fully saturated rings. The molecule has 1 N–H and O–H groups in total. The largest absolute Gasteiger partial charge is 0.467 e. The van der Waals surface area contributed by atoms with Gasteiger partial charge in [-0.15, -0.1) is 11.3 Å². The number of thiophene rings is 1. The number of esters is 1. The van der Waals surface area contributed by atoms with E-state index in [-0.39, 0.29) is 5.91 Å². The van der Waals surface area contributed by atoms with E-state index in [0.717, 1.165) is 19.0 Å². The molecule has 2 aromatic carbocycles. The van der Waals surface area contributed by atoms with Crippen LogP contribution < -0.4 is 5.32 Å². The van der Waals surface area contributed by atoms with Gasteiger partial charge in [0, 0.05) is 4.47 Å². The molecule has 1 heterocycles. The Morgan fingerprint density at radius 1 is 1.08 bits per heavy atom. The normalized spacial score (nSPS) is 12.0. The summed E-state index contributed by atoms with van der Waals surface area (Å²) in [6.45, 7) is 0. The number of fused-ring (bicyclic) bond motifs is 1. The molecule has 128 valence electrons. The molecule has 0 radical (unpaired) electrons. The monoisotopic (exact) mass is 481 g/mol. The minimum Gasteiger partial charge on any atom is -0.467 e. The van der Waals surface area contributed by atoms with E-state index >= 15 is 0 Å². The number of amides is 1. The summed E-state index contributed by atoms with van der Waals surface area (Å²) in [4.78, 5) is 25.3. The number of hydrogen-bond acceptors (Lipinski definition) is 4. The van der Waals surface area contributed by atoms with Gasteiger partial charge in [0.05, 0.1) is 15.8 Å². The van der Waals surface area contributed by atoms with Crippen molar-refractivity contribution >= 4 is 65.8 Å². The lowest BCUT2D eigenvalue weighted by Crippen LogP contribution is -2.34. The van der Waals surface area contributed by atoms with Crippen LogP contribution in [0.4, 0.5) is 0 Å². The zero-order chi connectivity index (χ0) is 18.0. The van der Waals surface area contributed by atoms with E-state index in [4.69, 9.17) is 4.74 Å². The van der Waals surface area contributed by atoms with Crippen molar-refractivity contribution in [2.45, 2.75) is 6.04 Å². The molecule has 3 aromatic rings. The third-order valence-corrected chi connectivity index (χ3v) is 6.94. The maximum absolute atomic E-state index is 12.5. The van der Waals surface area contributed by atoms with Crippen LogP contribution in [0.5, 0.6) is 0 Å². The van der Waals surface area contributed by atoms with Crippen LogP contribution in [0.2, 0.25) is 0 Å². The van der Waals surface area contributed by atoms with Crippen LogP contribution in [-0.2, 0) is 9.53 Å². The highest BCUT2D eigenvalue weighted by Crippen LogP contribution is 2.32. The summed E-state index contributed by atoms with van der Waals surface area (Å²) in [6, 6.07) is 14.3. The Balaban J connectivity index is 1.93. The Morgan fingerprint density at radius 3 is 2.44 bits per heavy atom. The summed E-state index contributed by atoms with van der Waals surface area (Å²) in [7, 11) is 1.31. The van der Waals surface area contributed by atoms with E-state index in [9.17, 15) is 9.59 Å². The predicted molar refractivity (Wildman–Crippen MR) is 106 cm³/mol.